The Morgan fingerprint density at radius 1 is 1.39 bits per heavy atom. The zero-order valence-corrected chi connectivity index (χ0v) is 10.5. The Morgan fingerprint density at radius 2 is 2.28 bits per heavy atom. The molecule has 6 heteroatoms. The third-order valence-corrected chi connectivity index (χ3v) is 3.30. The quantitative estimate of drug-likeness (QED) is 0.614. The summed E-state index contributed by atoms with van der Waals surface area (Å²) in [5.41, 5.74) is 0. The fraction of sp³-hybridized carbons (Fsp3) is 0.833. The Morgan fingerprint density at radius 3 is 3.06 bits per heavy atom. The molecule has 0 aliphatic carbocycles. The molecule has 2 unspecified atom stereocenters. The van der Waals surface area contributed by atoms with Gasteiger partial charge in [-0.05, 0) is 19.3 Å². The van der Waals surface area contributed by atoms with Gasteiger partial charge < -0.3 is 20.7 Å². The third-order valence-electron chi connectivity index (χ3n) is 3.30. The Bertz CT molecular complexity index is 303. The van der Waals surface area contributed by atoms with E-state index in [1.54, 1.807) is 0 Å². The van der Waals surface area contributed by atoms with Gasteiger partial charge in [-0.1, -0.05) is 0 Å². The summed E-state index contributed by atoms with van der Waals surface area (Å²) in [6.07, 6.45) is 3.04. The largest absolute Gasteiger partial charge is 0.378 e. The van der Waals surface area contributed by atoms with Crippen LogP contribution < -0.4 is 16.0 Å². The molecule has 0 spiro atoms. The van der Waals surface area contributed by atoms with Crippen molar-refractivity contribution in [3.63, 3.8) is 0 Å². The van der Waals surface area contributed by atoms with Crippen molar-refractivity contribution in [3.05, 3.63) is 0 Å². The van der Waals surface area contributed by atoms with Crippen LogP contribution in [-0.4, -0.2) is 50.2 Å². The van der Waals surface area contributed by atoms with Gasteiger partial charge in [0.25, 0.3) is 0 Å². The Labute approximate surface area is 107 Å². The molecule has 2 aliphatic rings. The average molecular weight is 255 g/mol. The number of rotatable bonds is 3. The molecular weight excluding hydrogens is 234 g/mol. The summed E-state index contributed by atoms with van der Waals surface area (Å²) >= 11 is 0. The monoisotopic (exact) mass is 255 g/mol. The SMILES string of the molecule is O=C(CC1COCCN1)NC1CCCCNC1=O. The van der Waals surface area contributed by atoms with E-state index >= 15 is 0 Å². The molecule has 0 radical (unpaired) electrons. The zero-order chi connectivity index (χ0) is 12.8. The smallest absolute Gasteiger partial charge is 0.242 e. The first-order valence-corrected chi connectivity index (χ1v) is 6.64. The van der Waals surface area contributed by atoms with Crippen LogP contribution in [0.1, 0.15) is 25.7 Å². The number of hydrogen-bond acceptors (Lipinski definition) is 4. The van der Waals surface area contributed by atoms with E-state index in [0.717, 1.165) is 25.8 Å². The van der Waals surface area contributed by atoms with Crippen LogP contribution in [0.4, 0.5) is 0 Å². The van der Waals surface area contributed by atoms with E-state index in [4.69, 9.17) is 4.74 Å². The van der Waals surface area contributed by atoms with Crippen molar-refractivity contribution >= 4 is 11.8 Å². The van der Waals surface area contributed by atoms with Crippen LogP contribution in [0.5, 0.6) is 0 Å². The normalized spacial score (nSPS) is 29.2. The molecule has 0 saturated carbocycles. The molecule has 2 amide bonds. The molecule has 0 aromatic heterocycles. The fourth-order valence-electron chi connectivity index (χ4n) is 2.30. The second kappa shape index (κ2) is 6.70. The zero-order valence-electron chi connectivity index (χ0n) is 10.5. The first-order chi connectivity index (χ1) is 8.75. The fourth-order valence-corrected chi connectivity index (χ4v) is 2.30. The Hall–Kier alpha value is -1.14. The summed E-state index contributed by atoms with van der Waals surface area (Å²) < 4.78 is 5.29. The Kier molecular flexibility index (Phi) is 4.95. The van der Waals surface area contributed by atoms with Gasteiger partial charge in [0.2, 0.25) is 11.8 Å². The van der Waals surface area contributed by atoms with Crippen molar-refractivity contribution in [1.82, 2.24) is 16.0 Å². The van der Waals surface area contributed by atoms with Crippen molar-refractivity contribution in [2.24, 2.45) is 0 Å². The van der Waals surface area contributed by atoms with Crippen LogP contribution in [0.3, 0.4) is 0 Å². The summed E-state index contributed by atoms with van der Waals surface area (Å²) in [6, 6.07) is -0.308. The van der Waals surface area contributed by atoms with Crippen LogP contribution in [-0.2, 0) is 14.3 Å². The van der Waals surface area contributed by atoms with Crippen molar-refractivity contribution in [3.8, 4) is 0 Å². The highest BCUT2D eigenvalue weighted by Crippen LogP contribution is 2.06. The van der Waals surface area contributed by atoms with Gasteiger partial charge in [0.1, 0.15) is 6.04 Å². The minimum absolute atomic E-state index is 0.0614. The van der Waals surface area contributed by atoms with Crippen LogP contribution in [0, 0.1) is 0 Å². The first kappa shape index (κ1) is 13.3. The number of amides is 2. The second-order valence-corrected chi connectivity index (χ2v) is 4.84. The standard InChI is InChI=1S/C12H21N3O3/c16-11(7-9-8-18-6-5-13-9)15-10-3-1-2-4-14-12(10)17/h9-10,13H,1-8H2,(H,14,17)(H,15,16). The predicted molar refractivity (Wildman–Crippen MR) is 66.0 cm³/mol. The number of ether oxygens (including phenoxy) is 1. The van der Waals surface area contributed by atoms with E-state index in [-0.39, 0.29) is 23.9 Å². The maximum Gasteiger partial charge on any atom is 0.242 e. The Balaban J connectivity index is 1.76. The van der Waals surface area contributed by atoms with Crippen molar-refractivity contribution in [2.45, 2.75) is 37.8 Å². The summed E-state index contributed by atoms with van der Waals surface area (Å²) in [4.78, 5) is 23.5. The highest BCUT2D eigenvalue weighted by molar-refractivity contribution is 5.87. The molecule has 2 rings (SSSR count). The number of carbonyl (C=O) groups is 2. The summed E-state index contributed by atoms with van der Waals surface area (Å²) in [5.74, 6) is -0.145. The summed E-state index contributed by atoms with van der Waals surface area (Å²) in [7, 11) is 0. The van der Waals surface area contributed by atoms with Crippen molar-refractivity contribution in [1.29, 1.82) is 0 Å². The van der Waals surface area contributed by atoms with Gasteiger partial charge in [-0.25, -0.2) is 0 Å². The highest BCUT2D eigenvalue weighted by Gasteiger charge is 2.24. The predicted octanol–water partition coefficient (Wildman–Crippen LogP) is -0.850. The van der Waals surface area contributed by atoms with Gasteiger partial charge in [0, 0.05) is 25.6 Å². The van der Waals surface area contributed by atoms with Gasteiger partial charge in [-0.3, -0.25) is 9.59 Å². The maximum atomic E-state index is 11.9. The van der Waals surface area contributed by atoms with Crippen LogP contribution in [0.15, 0.2) is 0 Å². The lowest BCUT2D eigenvalue weighted by Crippen LogP contribution is -2.49. The van der Waals surface area contributed by atoms with Crippen LogP contribution in [0.2, 0.25) is 0 Å². The molecular formula is C12H21N3O3. The molecule has 3 N–H and O–H groups in total. The second-order valence-electron chi connectivity index (χ2n) is 4.84. The molecule has 2 atom stereocenters. The molecule has 0 aromatic carbocycles. The maximum absolute atomic E-state index is 11.9. The van der Waals surface area contributed by atoms with E-state index in [1.165, 1.54) is 0 Å². The van der Waals surface area contributed by atoms with Gasteiger partial charge >= 0.3 is 0 Å². The minimum atomic E-state index is -0.371. The molecule has 2 fully saturated rings. The number of nitrogens with one attached hydrogen (secondary N) is 3. The van der Waals surface area contributed by atoms with E-state index in [2.05, 4.69) is 16.0 Å². The lowest BCUT2D eigenvalue weighted by molar-refractivity contribution is -0.129. The molecule has 2 aliphatic heterocycles. The van der Waals surface area contributed by atoms with E-state index in [1.807, 2.05) is 0 Å². The molecule has 18 heavy (non-hydrogen) atoms. The van der Waals surface area contributed by atoms with E-state index < -0.39 is 0 Å². The molecule has 2 heterocycles. The number of carbonyl (C=O) groups excluding carboxylic acids is 2. The molecule has 2 saturated heterocycles. The third kappa shape index (κ3) is 3.96. The number of hydrogen-bond donors (Lipinski definition) is 3. The van der Waals surface area contributed by atoms with Crippen molar-refractivity contribution < 1.29 is 14.3 Å². The summed E-state index contributed by atoms with van der Waals surface area (Å²) in [6.45, 7) is 2.75. The van der Waals surface area contributed by atoms with Gasteiger partial charge in [-0.15, -0.1) is 0 Å². The topological polar surface area (TPSA) is 79.5 Å². The van der Waals surface area contributed by atoms with E-state index in [0.29, 0.717) is 26.2 Å². The lowest BCUT2D eigenvalue weighted by Gasteiger charge is -2.24. The number of morpholine rings is 1. The first-order valence-electron chi connectivity index (χ1n) is 6.64. The van der Waals surface area contributed by atoms with Gasteiger partial charge in [-0.2, -0.15) is 0 Å². The average Bonchev–Trinajstić information content (AvgIpc) is 2.56. The molecule has 102 valence electrons. The van der Waals surface area contributed by atoms with Gasteiger partial charge in [0.05, 0.1) is 13.2 Å². The molecule has 6 nitrogen and oxygen atoms in total. The molecule has 0 bridgehead atoms. The van der Waals surface area contributed by atoms with Crippen LogP contribution in [0.25, 0.3) is 0 Å². The minimum Gasteiger partial charge on any atom is -0.378 e. The van der Waals surface area contributed by atoms with E-state index in [9.17, 15) is 9.59 Å². The molecule has 0 aromatic rings. The summed E-state index contributed by atoms with van der Waals surface area (Å²) in [5, 5.41) is 8.84. The van der Waals surface area contributed by atoms with Crippen LogP contribution >= 0.6 is 0 Å². The van der Waals surface area contributed by atoms with Gasteiger partial charge in [0.15, 0.2) is 0 Å². The van der Waals surface area contributed by atoms with Crippen molar-refractivity contribution in [2.75, 3.05) is 26.3 Å². The lowest BCUT2D eigenvalue weighted by atomic mass is 10.1. The highest BCUT2D eigenvalue weighted by atomic mass is 16.5.